The van der Waals surface area contributed by atoms with Crippen molar-refractivity contribution in [3.8, 4) is 11.5 Å². The van der Waals surface area contributed by atoms with Gasteiger partial charge in [-0.3, -0.25) is 19.6 Å². The molecule has 0 heterocycles. The molecule has 3 saturated carbocycles. The van der Waals surface area contributed by atoms with E-state index in [9.17, 15) is 19.8 Å². The van der Waals surface area contributed by atoms with E-state index in [4.69, 9.17) is 24.2 Å². The fraction of sp³-hybridized carbons (Fsp3) is 0.639. The highest BCUT2D eigenvalue weighted by atomic mass is 16.6. The largest absolute Gasteiger partial charge is 0.507 e. The number of nitrogens with zero attached hydrogens (tertiary/aromatic N) is 2. The maximum absolute atomic E-state index is 13.4. The number of hydrogen-bond donors (Lipinski definition) is 2. The Morgan fingerprint density at radius 1 is 0.629 bits per heavy atom. The zero-order valence-electron chi connectivity index (χ0n) is 44.9. The highest BCUT2D eigenvalue weighted by Crippen LogP contribution is 2.43. The van der Waals surface area contributed by atoms with Crippen LogP contribution in [0, 0.1) is 35.5 Å². The molecule has 2 N–H and O–H groups in total. The van der Waals surface area contributed by atoms with Crippen LogP contribution in [0.4, 0.5) is 0 Å². The molecule has 70 heavy (non-hydrogen) atoms. The van der Waals surface area contributed by atoms with E-state index in [1.807, 2.05) is 30.5 Å². The van der Waals surface area contributed by atoms with E-state index in [0.29, 0.717) is 18.6 Å². The molecule has 5 rings (SSSR count). The Hall–Kier alpha value is -4.50. The summed E-state index contributed by atoms with van der Waals surface area (Å²) in [6.07, 6.45) is 25.9. The third-order valence-electron chi connectivity index (χ3n) is 15.0. The normalized spacial score (nSPS) is 24.5. The first-order chi connectivity index (χ1) is 33.1. The Balaban J connectivity index is 1.15. The lowest BCUT2D eigenvalue weighted by Crippen LogP contribution is -2.27. The van der Waals surface area contributed by atoms with Gasteiger partial charge in [-0.1, -0.05) is 145 Å². The van der Waals surface area contributed by atoms with Gasteiger partial charge in [-0.05, 0) is 114 Å². The molecule has 9 heteroatoms. The first kappa shape index (κ1) is 56.4. The van der Waals surface area contributed by atoms with Crippen LogP contribution in [0.15, 0.2) is 71.7 Å². The number of aromatic hydroxyl groups is 2. The summed E-state index contributed by atoms with van der Waals surface area (Å²) in [5.41, 5.74) is 4.47. The summed E-state index contributed by atoms with van der Waals surface area (Å²) >= 11 is 0. The van der Waals surface area contributed by atoms with Gasteiger partial charge in [0.15, 0.2) is 0 Å². The lowest BCUT2D eigenvalue weighted by molar-refractivity contribution is -0.151. The van der Waals surface area contributed by atoms with Crippen LogP contribution in [0.1, 0.15) is 193 Å². The molecule has 386 valence electrons. The van der Waals surface area contributed by atoms with Gasteiger partial charge in [0.1, 0.15) is 18.1 Å². The lowest BCUT2D eigenvalue weighted by Gasteiger charge is -2.28. The number of phenols is 2. The third-order valence-corrected chi connectivity index (χ3v) is 15.0. The summed E-state index contributed by atoms with van der Waals surface area (Å²) in [5.74, 6) is 0.390. The van der Waals surface area contributed by atoms with E-state index in [-0.39, 0.29) is 107 Å². The van der Waals surface area contributed by atoms with Gasteiger partial charge in [-0.25, -0.2) is 0 Å². The second-order valence-corrected chi connectivity index (χ2v) is 23.8. The summed E-state index contributed by atoms with van der Waals surface area (Å²) in [4.78, 5) is 36.6. The zero-order chi connectivity index (χ0) is 51.2. The number of benzene rings is 2. The highest BCUT2D eigenvalue weighted by Gasteiger charge is 2.39. The Kier molecular flexibility index (Phi) is 20.8. The Bertz CT molecular complexity index is 2150. The predicted molar refractivity (Wildman–Crippen MR) is 287 cm³/mol. The van der Waals surface area contributed by atoms with Crippen LogP contribution in [0.2, 0.25) is 0 Å². The molecule has 3 fully saturated rings. The average Bonchev–Trinajstić information content (AvgIpc) is 3.93. The number of hydrogen-bond acceptors (Lipinski definition) is 9. The molecule has 0 saturated heterocycles. The summed E-state index contributed by atoms with van der Waals surface area (Å²) in [6.45, 7) is 30.6. The Morgan fingerprint density at radius 3 is 1.61 bits per heavy atom. The van der Waals surface area contributed by atoms with Crippen LogP contribution < -0.4 is 0 Å². The van der Waals surface area contributed by atoms with Crippen molar-refractivity contribution in [2.24, 2.45) is 45.5 Å². The van der Waals surface area contributed by atoms with Crippen LogP contribution >= 0.6 is 0 Å². The highest BCUT2D eigenvalue weighted by molar-refractivity contribution is 5.86. The smallest absolute Gasteiger partial charge is 0.309 e. The fourth-order valence-electron chi connectivity index (χ4n) is 10.6. The quantitative estimate of drug-likeness (QED) is 0.0521. The van der Waals surface area contributed by atoms with Crippen molar-refractivity contribution in [1.82, 2.24) is 0 Å². The van der Waals surface area contributed by atoms with E-state index in [1.165, 1.54) is 25.7 Å². The molecule has 3 aliphatic carbocycles. The molecule has 0 spiro atoms. The minimum atomic E-state index is -0.338. The Morgan fingerprint density at radius 2 is 1.11 bits per heavy atom. The van der Waals surface area contributed by atoms with Crippen molar-refractivity contribution in [3.63, 3.8) is 0 Å². The predicted octanol–water partition coefficient (Wildman–Crippen LogP) is 14.0. The topological polar surface area (TPSA) is 127 Å². The van der Waals surface area contributed by atoms with Gasteiger partial charge in [0.2, 0.25) is 0 Å². The van der Waals surface area contributed by atoms with E-state index < -0.39 is 0 Å². The van der Waals surface area contributed by atoms with Crippen molar-refractivity contribution in [1.29, 1.82) is 0 Å². The molecule has 0 amide bonds. The van der Waals surface area contributed by atoms with Crippen LogP contribution in [0.3, 0.4) is 0 Å². The zero-order valence-corrected chi connectivity index (χ0v) is 44.9. The molecule has 9 nitrogen and oxygen atoms in total. The summed E-state index contributed by atoms with van der Waals surface area (Å²) in [5, 5.41) is 23.0. The fourth-order valence-corrected chi connectivity index (χ4v) is 10.6. The SMILES string of the molecule is C=CC1CC(/C=C\C2CC(C=C)C(C(=O)OCCOCc3cc(C=NC4CCCC[C@H]4N=Cc4cc(C(C)(C)C)cc(C(C)(C)C)c4O)c(O)c(C(C)(C)C)c3)C2)CC1C(=O)OCCCCCCCC. The molecule has 3 aliphatic rings. The summed E-state index contributed by atoms with van der Waals surface area (Å²) in [6, 6.07) is 7.98. The first-order valence-corrected chi connectivity index (χ1v) is 26.8. The standard InChI is InChI=1S/C61H90N2O7/c1-13-16-17-18-19-22-27-69-57(66)49-33-41(30-44(49)14-2)25-26-42-31-45(15-3)50(34-42)58(67)70-29-28-68-40-43-32-46(55(64)51(35-43)60(7,8)9)38-62-53-23-20-21-24-54(53)63-39-47-36-48(59(4,5)6)37-52(56(47)65)61(10,11)12/h14-15,25-26,32,35-39,41-42,44-45,49-50,53-54,64-65H,2-3,13,16-24,27-31,33-34,40H2,1,4-12H3/b26-25-,62-38?,63-39?/t41?,42?,44?,45?,49?,50?,53?,54-/m1/s1. The minimum absolute atomic E-state index is 0.0291. The van der Waals surface area contributed by atoms with Crippen molar-refractivity contribution in [2.45, 2.75) is 194 Å². The number of carbonyl (C=O) groups excluding carboxylic acids is 2. The Labute approximate surface area is 422 Å². The van der Waals surface area contributed by atoms with Gasteiger partial charge < -0.3 is 24.4 Å². The average molecular weight is 963 g/mol. The van der Waals surface area contributed by atoms with Gasteiger partial charge in [0, 0.05) is 34.7 Å². The van der Waals surface area contributed by atoms with E-state index in [0.717, 1.165) is 85.6 Å². The third kappa shape index (κ3) is 16.0. The maximum atomic E-state index is 13.4. The first-order valence-electron chi connectivity index (χ1n) is 26.8. The molecule has 0 radical (unpaired) electrons. The monoisotopic (exact) mass is 963 g/mol. The van der Waals surface area contributed by atoms with Crippen LogP contribution in [-0.4, -0.2) is 66.5 Å². The van der Waals surface area contributed by atoms with Crippen LogP contribution in [0.25, 0.3) is 0 Å². The number of unbranched alkanes of at least 4 members (excludes halogenated alkanes) is 5. The van der Waals surface area contributed by atoms with Crippen LogP contribution in [-0.2, 0) is 46.7 Å². The van der Waals surface area contributed by atoms with Crippen molar-refractivity contribution in [2.75, 3.05) is 19.8 Å². The van der Waals surface area contributed by atoms with E-state index in [1.54, 1.807) is 6.21 Å². The van der Waals surface area contributed by atoms with Crippen molar-refractivity contribution >= 4 is 24.4 Å². The molecule has 0 aliphatic heterocycles. The molecule has 0 aromatic heterocycles. The molecule has 0 bridgehead atoms. The van der Waals surface area contributed by atoms with Crippen molar-refractivity contribution < 1.29 is 34.0 Å². The molecule has 7 unspecified atom stereocenters. The van der Waals surface area contributed by atoms with Crippen LogP contribution in [0.5, 0.6) is 11.5 Å². The molecular weight excluding hydrogens is 873 g/mol. The van der Waals surface area contributed by atoms with Crippen molar-refractivity contribution in [3.05, 3.63) is 95.1 Å². The van der Waals surface area contributed by atoms with Gasteiger partial charge in [0.25, 0.3) is 0 Å². The number of allylic oxidation sites excluding steroid dienone is 4. The second kappa shape index (κ2) is 25.7. The number of rotatable bonds is 22. The van der Waals surface area contributed by atoms with Gasteiger partial charge in [0.05, 0.1) is 43.7 Å². The number of esters is 2. The number of ether oxygens (including phenoxy) is 3. The van der Waals surface area contributed by atoms with E-state index in [2.05, 4.69) is 107 Å². The van der Waals surface area contributed by atoms with Gasteiger partial charge in [-0.2, -0.15) is 0 Å². The second-order valence-electron chi connectivity index (χ2n) is 23.8. The minimum Gasteiger partial charge on any atom is -0.507 e. The number of phenolic OH excluding ortho intramolecular Hbond substituents is 2. The number of aliphatic imine (C=N–C) groups is 2. The molecule has 2 aromatic carbocycles. The lowest BCUT2D eigenvalue weighted by atomic mass is 9.79. The number of carbonyl (C=O) groups is 2. The molecule has 8 atom stereocenters. The molecular formula is C61H90N2O7. The summed E-state index contributed by atoms with van der Waals surface area (Å²) in [7, 11) is 0. The van der Waals surface area contributed by atoms with Gasteiger partial charge in [-0.15, -0.1) is 13.2 Å². The van der Waals surface area contributed by atoms with Gasteiger partial charge >= 0.3 is 11.9 Å². The summed E-state index contributed by atoms with van der Waals surface area (Å²) < 4.78 is 17.6. The van der Waals surface area contributed by atoms with E-state index >= 15 is 0 Å². The maximum Gasteiger partial charge on any atom is 0.309 e. The molecule has 2 aromatic rings.